The summed E-state index contributed by atoms with van der Waals surface area (Å²) in [7, 11) is 0. The van der Waals surface area contributed by atoms with Crippen molar-refractivity contribution in [2.45, 2.75) is 24.7 Å². The molecule has 0 aliphatic heterocycles. The van der Waals surface area contributed by atoms with E-state index in [4.69, 9.17) is 5.10 Å². The normalized spacial score (nSPS) is 13.9. The molecule has 15 rings (SSSR count). The number of benzene rings is 10. The van der Waals surface area contributed by atoms with Gasteiger partial charge in [0.05, 0.1) is 22.3 Å². The highest BCUT2D eigenvalue weighted by Crippen LogP contribution is 2.64. The lowest BCUT2D eigenvalue weighted by Gasteiger charge is -2.34. The number of rotatable bonds is 6. The third-order valence-electron chi connectivity index (χ3n) is 16.2. The first-order valence-corrected chi connectivity index (χ1v) is 25.1. The second-order valence-electron chi connectivity index (χ2n) is 20.2. The van der Waals surface area contributed by atoms with Crippen molar-refractivity contribution in [2.75, 3.05) is 4.90 Å². The molecule has 0 saturated carbocycles. The van der Waals surface area contributed by atoms with Crippen LogP contribution < -0.4 is 4.90 Å². The van der Waals surface area contributed by atoms with E-state index in [2.05, 4.69) is 272 Å². The summed E-state index contributed by atoms with van der Waals surface area (Å²) in [6.45, 7) is 4.77. The standard InChI is InChI=1S/C69H47N3/c1-68(2)57-34-18-14-28-49(57)53-40-38-47(42-61(53)68)71(48-39-41-54-52-31-17-21-37-60(52)69(62(54)43-48)58-35-19-15-29-50(58)51-30-16-20-36-59(51)69)67-56-33-13-12-32-55(56)66-63(44-22-6-3-7-23-44)64(45-24-8-4-9-25-45)70-72(66)65(67)46-26-10-5-11-27-46/h3-43H,1-2H3. The molecule has 0 bridgehead atoms. The smallest absolute Gasteiger partial charge is 0.101 e. The van der Waals surface area contributed by atoms with Gasteiger partial charge in [-0.2, -0.15) is 5.10 Å². The van der Waals surface area contributed by atoms with E-state index in [1.807, 2.05) is 0 Å². The van der Waals surface area contributed by atoms with E-state index in [0.29, 0.717) is 0 Å². The monoisotopic (exact) mass is 917 g/mol. The topological polar surface area (TPSA) is 20.5 Å². The molecule has 1 spiro atoms. The Hall–Kier alpha value is -9.05. The highest BCUT2D eigenvalue weighted by molar-refractivity contribution is 6.16. The molecule has 0 radical (unpaired) electrons. The molecule has 338 valence electrons. The first kappa shape index (κ1) is 40.8. The Labute approximate surface area is 419 Å². The molecule has 3 heteroatoms. The van der Waals surface area contributed by atoms with Gasteiger partial charge in [0.1, 0.15) is 5.69 Å². The highest BCUT2D eigenvalue weighted by atomic mass is 15.3. The summed E-state index contributed by atoms with van der Waals surface area (Å²) in [5.74, 6) is 0. The molecule has 3 aliphatic rings. The van der Waals surface area contributed by atoms with Gasteiger partial charge in [0.25, 0.3) is 0 Å². The summed E-state index contributed by atoms with van der Waals surface area (Å²) in [4.78, 5) is 2.57. The number of anilines is 3. The molecule has 10 aromatic carbocycles. The van der Waals surface area contributed by atoms with Crippen molar-refractivity contribution in [3.63, 3.8) is 0 Å². The maximum Gasteiger partial charge on any atom is 0.101 e. The number of nitrogens with zero attached hydrogens (tertiary/aromatic N) is 3. The van der Waals surface area contributed by atoms with Crippen molar-refractivity contribution in [3.8, 4) is 67.0 Å². The van der Waals surface area contributed by atoms with E-state index in [-0.39, 0.29) is 5.41 Å². The molecule has 0 unspecified atom stereocenters. The molecule has 0 amide bonds. The third kappa shape index (κ3) is 5.48. The molecule has 72 heavy (non-hydrogen) atoms. The van der Waals surface area contributed by atoms with E-state index in [1.165, 1.54) is 66.8 Å². The molecule has 0 atom stereocenters. The van der Waals surface area contributed by atoms with Crippen molar-refractivity contribution in [1.82, 2.24) is 9.61 Å². The zero-order chi connectivity index (χ0) is 47.7. The van der Waals surface area contributed by atoms with Crippen LogP contribution in [0, 0.1) is 0 Å². The van der Waals surface area contributed by atoms with Gasteiger partial charge in [0.15, 0.2) is 0 Å². The van der Waals surface area contributed by atoms with Gasteiger partial charge < -0.3 is 4.90 Å². The lowest BCUT2D eigenvalue weighted by Crippen LogP contribution is -2.26. The van der Waals surface area contributed by atoms with Gasteiger partial charge in [0.2, 0.25) is 0 Å². The SMILES string of the molecule is CC1(C)c2ccccc2-c2ccc(N(c3ccc4c(c3)C3(c5ccccc5-c5ccccc53)c3ccccc3-4)c3c(-c4ccccc4)n4nc(-c5ccccc5)c(-c5ccccc5)c4c4ccccc34)cc21. The summed E-state index contributed by atoms with van der Waals surface area (Å²) in [6.07, 6.45) is 0. The van der Waals surface area contributed by atoms with E-state index in [9.17, 15) is 0 Å². The molecule has 2 heterocycles. The molecule has 2 aromatic heterocycles. The van der Waals surface area contributed by atoms with Gasteiger partial charge in [-0.05, 0) is 96.6 Å². The van der Waals surface area contributed by atoms with Crippen LogP contribution in [0.1, 0.15) is 47.2 Å². The minimum Gasteiger partial charge on any atom is -0.308 e. The number of hydrogen-bond donors (Lipinski definition) is 0. The molecular weight excluding hydrogens is 871 g/mol. The maximum atomic E-state index is 5.81. The first-order chi connectivity index (χ1) is 35.5. The van der Waals surface area contributed by atoms with E-state index in [0.717, 1.165) is 67.0 Å². The van der Waals surface area contributed by atoms with Gasteiger partial charge in [-0.15, -0.1) is 0 Å². The van der Waals surface area contributed by atoms with Crippen LogP contribution in [-0.4, -0.2) is 9.61 Å². The molecular formula is C69H47N3. The Kier molecular flexibility index (Phi) is 8.63. The Balaban J connectivity index is 1.10. The average Bonchev–Trinajstić information content (AvgIpc) is 4.15. The zero-order valence-corrected chi connectivity index (χ0v) is 40.0. The lowest BCUT2D eigenvalue weighted by atomic mass is 9.70. The molecule has 12 aromatic rings. The number of aromatic nitrogens is 2. The van der Waals surface area contributed by atoms with Gasteiger partial charge >= 0.3 is 0 Å². The van der Waals surface area contributed by atoms with Crippen molar-refractivity contribution in [2.24, 2.45) is 0 Å². The quantitative estimate of drug-likeness (QED) is 0.166. The van der Waals surface area contributed by atoms with Crippen molar-refractivity contribution >= 4 is 33.4 Å². The number of hydrogen-bond acceptors (Lipinski definition) is 2. The Morgan fingerprint density at radius 3 is 1.35 bits per heavy atom. The van der Waals surface area contributed by atoms with Crippen LogP contribution in [0.2, 0.25) is 0 Å². The summed E-state index contributed by atoms with van der Waals surface area (Å²) in [5, 5.41) is 8.07. The van der Waals surface area contributed by atoms with Crippen LogP contribution in [0.4, 0.5) is 17.1 Å². The Morgan fingerprint density at radius 1 is 0.361 bits per heavy atom. The highest BCUT2D eigenvalue weighted by Gasteiger charge is 2.52. The maximum absolute atomic E-state index is 5.81. The Bertz CT molecular complexity index is 4120. The van der Waals surface area contributed by atoms with Crippen molar-refractivity contribution in [3.05, 3.63) is 282 Å². The van der Waals surface area contributed by atoms with Crippen LogP contribution in [0.3, 0.4) is 0 Å². The largest absolute Gasteiger partial charge is 0.308 e. The molecule has 0 N–H and O–H groups in total. The predicted octanol–water partition coefficient (Wildman–Crippen LogP) is 17.6. The predicted molar refractivity (Wildman–Crippen MR) is 298 cm³/mol. The molecule has 0 saturated heterocycles. The summed E-state index contributed by atoms with van der Waals surface area (Å²) < 4.78 is 2.27. The first-order valence-electron chi connectivity index (χ1n) is 25.1. The molecule has 0 fully saturated rings. The van der Waals surface area contributed by atoms with Gasteiger partial charge in [0, 0.05) is 44.3 Å². The fourth-order valence-electron chi connectivity index (χ4n) is 13.2. The van der Waals surface area contributed by atoms with Gasteiger partial charge in [-0.25, -0.2) is 4.52 Å². The minimum atomic E-state index is -0.520. The summed E-state index contributed by atoms with van der Waals surface area (Å²) in [5.41, 5.74) is 25.6. The van der Waals surface area contributed by atoms with Crippen LogP contribution in [0.15, 0.2) is 249 Å². The van der Waals surface area contributed by atoms with Crippen molar-refractivity contribution < 1.29 is 0 Å². The minimum absolute atomic E-state index is 0.222. The fraction of sp³-hybridized carbons (Fsp3) is 0.0580. The second-order valence-corrected chi connectivity index (χ2v) is 20.2. The van der Waals surface area contributed by atoms with Gasteiger partial charge in [-0.3, -0.25) is 0 Å². The molecule has 3 aliphatic carbocycles. The van der Waals surface area contributed by atoms with E-state index >= 15 is 0 Å². The van der Waals surface area contributed by atoms with Crippen LogP contribution in [0.25, 0.3) is 83.3 Å². The van der Waals surface area contributed by atoms with Crippen LogP contribution in [0.5, 0.6) is 0 Å². The van der Waals surface area contributed by atoms with Crippen LogP contribution >= 0.6 is 0 Å². The average molecular weight is 918 g/mol. The third-order valence-corrected chi connectivity index (χ3v) is 16.2. The fourth-order valence-corrected chi connectivity index (χ4v) is 13.2. The molecule has 3 nitrogen and oxygen atoms in total. The second kappa shape index (κ2) is 15.2. The van der Waals surface area contributed by atoms with E-state index in [1.54, 1.807) is 0 Å². The van der Waals surface area contributed by atoms with Crippen LogP contribution in [-0.2, 0) is 10.8 Å². The van der Waals surface area contributed by atoms with Gasteiger partial charge in [-0.1, -0.05) is 238 Å². The summed E-state index contributed by atoms with van der Waals surface area (Å²) in [6, 6.07) is 92.2. The van der Waals surface area contributed by atoms with Crippen molar-refractivity contribution in [1.29, 1.82) is 0 Å². The Morgan fingerprint density at radius 2 is 0.778 bits per heavy atom. The number of fused-ring (bicyclic) bond motifs is 16. The zero-order valence-electron chi connectivity index (χ0n) is 40.0. The number of pyridine rings is 1. The van der Waals surface area contributed by atoms with E-state index < -0.39 is 5.41 Å². The summed E-state index contributed by atoms with van der Waals surface area (Å²) >= 11 is 0. The lowest BCUT2D eigenvalue weighted by molar-refractivity contribution is 0.660.